The average molecular weight is 275 g/mol. The van der Waals surface area contributed by atoms with Gasteiger partial charge in [0.2, 0.25) is 0 Å². The van der Waals surface area contributed by atoms with Crippen molar-refractivity contribution >= 4 is 10.8 Å². The largest absolute Gasteiger partial charge is 0.291 e. The van der Waals surface area contributed by atoms with E-state index >= 15 is 0 Å². The summed E-state index contributed by atoms with van der Waals surface area (Å²) in [5.41, 5.74) is 1.34. The zero-order chi connectivity index (χ0) is 14.9. The highest BCUT2D eigenvalue weighted by Crippen LogP contribution is 2.19. The molecule has 2 rings (SSSR count). The van der Waals surface area contributed by atoms with E-state index in [-0.39, 0.29) is 0 Å². The lowest BCUT2D eigenvalue weighted by molar-refractivity contribution is 0.370. The zero-order valence-corrected chi connectivity index (χ0v) is 12.8. The molecule has 0 aliphatic carbocycles. The molecule has 0 bridgehead atoms. The molecule has 1 nitrogen and oxygen atoms in total. The maximum absolute atomic E-state index is 3.11. The van der Waals surface area contributed by atoms with Gasteiger partial charge in [-0.25, -0.2) is 0 Å². The first-order valence-corrected chi connectivity index (χ1v) is 7.42. The van der Waals surface area contributed by atoms with Crippen molar-refractivity contribution < 1.29 is 0 Å². The van der Waals surface area contributed by atoms with Crippen molar-refractivity contribution in [2.75, 3.05) is 13.6 Å². The fourth-order valence-electron chi connectivity index (χ4n) is 2.23. The van der Waals surface area contributed by atoms with Crippen molar-refractivity contribution in [1.82, 2.24) is 4.90 Å². The minimum atomic E-state index is 0.740. The van der Waals surface area contributed by atoms with Gasteiger partial charge in [-0.3, -0.25) is 4.90 Å². The molecule has 0 aromatic heterocycles. The van der Waals surface area contributed by atoms with Gasteiger partial charge in [0.25, 0.3) is 0 Å². The quantitative estimate of drug-likeness (QED) is 0.760. The monoisotopic (exact) mass is 275 g/mol. The molecule has 0 N–H and O–H groups in total. The first-order valence-electron chi connectivity index (χ1n) is 7.42. The summed E-state index contributed by atoms with van der Waals surface area (Å²) in [7, 11) is 2.09. The molecule has 2 aromatic rings. The van der Waals surface area contributed by atoms with Gasteiger partial charge >= 0.3 is 0 Å². The molecule has 0 fully saturated rings. The summed E-state index contributed by atoms with van der Waals surface area (Å²) in [6.45, 7) is 3.77. The van der Waals surface area contributed by atoms with E-state index in [0.717, 1.165) is 25.9 Å². The van der Waals surface area contributed by atoms with Gasteiger partial charge in [-0.2, -0.15) is 0 Å². The van der Waals surface area contributed by atoms with E-state index in [0.29, 0.717) is 0 Å². The summed E-state index contributed by atoms with van der Waals surface area (Å²) < 4.78 is 0. The van der Waals surface area contributed by atoms with Gasteiger partial charge < -0.3 is 0 Å². The van der Waals surface area contributed by atoms with Gasteiger partial charge in [-0.05, 0) is 41.6 Å². The van der Waals surface area contributed by atoms with Gasteiger partial charge in [0.05, 0.1) is 6.54 Å². The molecule has 0 radical (unpaired) electrons. The van der Waals surface area contributed by atoms with Crippen LogP contribution in [0, 0.1) is 23.7 Å². The molecular weight excluding hydrogens is 254 g/mol. The molecule has 0 amide bonds. The number of nitrogens with zero attached hydrogens (tertiary/aromatic N) is 1. The van der Waals surface area contributed by atoms with Crippen LogP contribution >= 0.6 is 0 Å². The Morgan fingerprint density at radius 1 is 0.952 bits per heavy atom. The van der Waals surface area contributed by atoms with Gasteiger partial charge in [-0.15, -0.1) is 0 Å². The second-order valence-corrected chi connectivity index (χ2v) is 5.16. The Morgan fingerprint density at radius 2 is 1.71 bits per heavy atom. The van der Waals surface area contributed by atoms with Crippen LogP contribution in [-0.4, -0.2) is 18.5 Å². The molecule has 0 spiro atoms. The Hall–Kier alpha value is -2.22. The second kappa shape index (κ2) is 8.15. The molecule has 0 atom stereocenters. The highest BCUT2D eigenvalue weighted by molar-refractivity contribution is 5.85. The fourth-order valence-corrected chi connectivity index (χ4v) is 2.23. The summed E-state index contributed by atoms with van der Waals surface area (Å²) >= 11 is 0. The highest BCUT2D eigenvalue weighted by Gasteiger charge is 2.02. The summed E-state index contributed by atoms with van der Waals surface area (Å²) in [6.07, 6.45) is 2.02. The van der Waals surface area contributed by atoms with Crippen LogP contribution in [0.25, 0.3) is 10.8 Å². The van der Waals surface area contributed by atoms with E-state index < -0.39 is 0 Å². The van der Waals surface area contributed by atoms with Crippen molar-refractivity contribution in [3.63, 3.8) is 0 Å². The number of hydrogen-bond acceptors (Lipinski definition) is 1. The molecular formula is C20H21N. The predicted molar refractivity (Wildman–Crippen MR) is 90.7 cm³/mol. The van der Waals surface area contributed by atoms with Crippen LogP contribution < -0.4 is 0 Å². The Labute approximate surface area is 128 Å². The zero-order valence-electron chi connectivity index (χ0n) is 12.8. The van der Waals surface area contributed by atoms with Crippen molar-refractivity contribution in [2.24, 2.45) is 0 Å². The minimum absolute atomic E-state index is 0.740. The molecule has 21 heavy (non-hydrogen) atoms. The van der Waals surface area contributed by atoms with Gasteiger partial charge in [-0.1, -0.05) is 61.2 Å². The lowest BCUT2D eigenvalue weighted by Gasteiger charge is -2.14. The van der Waals surface area contributed by atoms with Crippen LogP contribution in [0.15, 0.2) is 42.5 Å². The summed E-state index contributed by atoms with van der Waals surface area (Å²) in [6, 6.07) is 15.0. The molecule has 0 heterocycles. The Kier molecular flexibility index (Phi) is 5.89. The number of unbranched alkanes of at least 4 members (excludes halogenated alkanes) is 1. The maximum atomic E-state index is 3.11. The van der Waals surface area contributed by atoms with Crippen LogP contribution in [0.1, 0.15) is 25.3 Å². The van der Waals surface area contributed by atoms with Crippen LogP contribution in [0.3, 0.4) is 0 Å². The van der Waals surface area contributed by atoms with Crippen LogP contribution in [0.2, 0.25) is 0 Å². The first kappa shape index (κ1) is 15.2. The third-order valence-electron chi connectivity index (χ3n) is 3.28. The van der Waals surface area contributed by atoms with Gasteiger partial charge in [0, 0.05) is 13.0 Å². The molecule has 0 unspecified atom stereocenters. The Bertz CT molecular complexity index is 702. The number of rotatable bonds is 4. The standard InChI is InChI=1S/C20H21N/c1-3-4-5-6-7-10-16-21(2)17-19-14-11-13-18-12-8-9-15-20(18)19/h8-9,11-15H,3-4,16-17H2,1-2H3. The van der Waals surface area contributed by atoms with Crippen molar-refractivity contribution in [3.8, 4) is 23.7 Å². The van der Waals surface area contributed by atoms with Crippen LogP contribution in [-0.2, 0) is 6.54 Å². The second-order valence-electron chi connectivity index (χ2n) is 5.16. The SMILES string of the molecule is CCCC#CC#CCN(C)Cc1cccc2ccccc12. The average Bonchev–Trinajstić information content (AvgIpc) is 2.51. The van der Waals surface area contributed by atoms with E-state index in [9.17, 15) is 0 Å². The van der Waals surface area contributed by atoms with E-state index in [1.165, 1.54) is 16.3 Å². The third-order valence-corrected chi connectivity index (χ3v) is 3.28. The van der Waals surface area contributed by atoms with Crippen molar-refractivity contribution in [3.05, 3.63) is 48.0 Å². The van der Waals surface area contributed by atoms with E-state index in [1.54, 1.807) is 0 Å². The van der Waals surface area contributed by atoms with Gasteiger partial charge in [0.1, 0.15) is 0 Å². The number of benzene rings is 2. The van der Waals surface area contributed by atoms with Crippen LogP contribution in [0.4, 0.5) is 0 Å². The van der Waals surface area contributed by atoms with E-state index in [4.69, 9.17) is 0 Å². The highest BCUT2D eigenvalue weighted by atomic mass is 15.1. The van der Waals surface area contributed by atoms with Crippen molar-refractivity contribution in [2.45, 2.75) is 26.3 Å². The topological polar surface area (TPSA) is 3.24 Å². The molecule has 1 heteroatoms. The van der Waals surface area contributed by atoms with Crippen LogP contribution in [0.5, 0.6) is 0 Å². The van der Waals surface area contributed by atoms with E-state index in [2.05, 4.69) is 85.0 Å². The molecule has 0 saturated heterocycles. The third kappa shape index (κ3) is 4.67. The first-order chi connectivity index (χ1) is 10.3. The Balaban J connectivity index is 1.99. The van der Waals surface area contributed by atoms with Gasteiger partial charge in [0.15, 0.2) is 0 Å². The van der Waals surface area contributed by atoms with Crippen molar-refractivity contribution in [1.29, 1.82) is 0 Å². The summed E-state index contributed by atoms with van der Waals surface area (Å²) in [5.74, 6) is 12.0. The molecule has 2 aromatic carbocycles. The molecule has 0 aliphatic heterocycles. The predicted octanol–water partition coefficient (Wildman–Crippen LogP) is 4.08. The maximum Gasteiger partial charge on any atom is 0.0612 e. The normalized spacial score (nSPS) is 9.86. The smallest absolute Gasteiger partial charge is 0.0612 e. The number of hydrogen-bond donors (Lipinski definition) is 0. The molecule has 0 aliphatic rings. The lowest BCUT2D eigenvalue weighted by atomic mass is 10.0. The summed E-state index contributed by atoms with van der Waals surface area (Å²) in [4.78, 5) is 2.22. The number of fused-ring (bicyclic) bond motifs is 1. The lowest BCUT2D eigenvalue weighted by Crippen LogP contribution is -2.18. The van der Waals surface area contributed by atoms with E-state index in [1.807, 2.05) is 0 Å². The molecule has 106 valence electrons. The molecule has 0 saturated carbocycles. The fraction of sp³-hybridized carbons (Fsp3) is 0.300. The summed E-state index contributed by atoms with van der Waals surface area (Å²) in [5, 5.41) is 2.61. The Morgan fingerprint density at radius 3 is 2.57 bits per heavy atom. The minimum Gasteiger partial charge on any atom is -0.291 e.